The Kier molecular flexibility index (Phi) is 6.91. The van der Waals surface area contributed by atoms with Crippen LogP contribution < -0.4 is 24.4 Å². The highest BCUT2D eigenvalue weighted by Crippen LogP contribution is 2.38. The van der Waals surface area contributed by atoms with Crippen LogP contribution in [0.2, 0.25) is 0 Å². The molecule has 0 bridgehead atoms. The molecule has 0 aliphatic carbocycles. The van der Waals surface area contributed by atoms with E-state index in [1.807, 2.05) is 26.2 Å². The van der Waals surface area contributed by atoms with Gasteiger partial charge in [-0.05, 0) is 29.8 Å². The van der Waals surface area contributed by atoms with Gasteiger partial charge in [-0.2, -0.15) is 0 Å². The van der Waals surface area contributed by atoms with Crippen molar-refractivity contribution in [2.45, 2.75) is 12.5 Å². The minimum Gasteiger partial charge on any atom is -0.493 e. The largest absolute Gasteiger partial charge is 0.493 e. The van der Waals surface area contributed by atoms with Crippen LogP contribution in [-0.4, -0.2) is 47.9 Å². The van der Waals surface area contributed by atoms with E-state index in [-0.39, 0.29) is 18.4 Å². The van der Waals surface area contributed by atoms with Gasteiger partial charge < -0.3 is 28.8 Å². The number of carbonyl (C=O) groups excluding carboxylic acids is 1. The van der Waals surface area contributed by atoms with E-state index in [0.29, 0.717) is 23.8 Å². The molecule has 0 spiro atoms. The molecule has 1 aromatic heterocycles. The van der Waals surface area contributed by atoms with E-state index in [9.17, 15) is 4.79 Å². The first-order valence-corrected chi connectivity index (χ1v) is 8.39. The van der Waals surface area contributed by atoms with Gasteiger partial charge in [0, 0.05) is 0 Å². The molecule has 2 aromatic rings. The molecule has 1 amide bonds. The Hall–Kier alpha value is -2.67. The lowest BCUT2D eigenvalue weighted by Gasteiger charge is -2.20. The maximum Gasteiger partial charge on any atom is 0.224 e. The number of methoxy groups -OCH3 is 3. The van der Waals surface area contributed by atoms with Crippen LogP contribution >= 0.6 is 0 Å². The van der Waals surface area contributed by atoms with Crippen molar-refractivity contribution in [1.82, 2.24) is 5.32 Å². The van der Waals surface area contributed by atoms with Gasteiger partial charge in [-0.15, -0.1) is 0 Å². The van der Waals surface area contributed by atoms with Crippen LogP contribution in [0, 0.1) is 0 Å². The average molecular weight is 363 g/mol. The van der Waals surface area contributed by atoms with Crippen molar-refractivity contribution < 1.29 is 28.3 Å². The second-order valence-electron chi connectivity index (χ2n) is 6.16. The Labute approximate surface area is 153 Å². The van der Waals surface area contributed by atoms with E-state index >= 15 is 0 Å². The van der Waals surface area contributed by atoms with Gasteiger partial charge in [0.05, 0.1) is 54.7 Å². The quantitative estimate of drug-likeness (QED) is 0.691. The number of quaternary nitrogens is 1. The number of hydrogen-bond donors (Lipinski definition) is 2. The van der Waals surface area contributed by atoms with Crippen molar-refractivity contribution in [1.29, 1.82) is 0 Å². The summed E-state index contributed by atoms with van der Waals surface area (Å²) in [6, 6.07) is 7.38. The summed E-state index contributed by atoms with van der Waals surface area (Å²) in [4.78, 5) is 13.6. The molecule has 1 heterocycles. The molecule has 1 aromatic carbocycles. The first-order chi connectivity index (χ1) is 12.5. The molecule has 2 N–H and O–H groups in total. The number of ether oxygens (including phenoxy) is 3. The van der Waals surface area contributed by atoms with Gasteiger partial charge in [0.25, 0.3) is 0 Å². The summed E-state index contributed by atoms with van der Waals surface area (Å²) in [6.45, 7) is 0.485. The van der Waals surface area contributed by atoms with Crippen LogP contribution in [0.3, 0.4) is 0 Å². The van der Waals surface area contributed by atoms with E-state index in [2.05, 4.69) is 5.32 Å². The highest BCUT2D eigenvalue weighted by Gasteiger charge is 2.22. The Morgan fingerprint density at radius 2 is 1.81 bits per heavy atom. The van der Waals surface area contributed by atoms with Gasteiger partial charge in [0.2, 0.25) is 11.7 Å². The molecule has 7 nitrogen and oxygen atoms in total. The molecular formula is C19H27N2O5+. The second-order valence-corrected chi connectivity index (χ2v) is 6.16. The number of amides is 1. The summed E-state index contributed by atoms with van der Waals surface area (Å²) in [5.74, 6) is 2.32. The Morgan fingerprint density at radius 3 is 2.27 bits per heavy atom. The summed E-state index contributed by atoms with van der Waals surface area (Å²) in [7, 11) is 8.70. The molecule has 26 heavy (non-hydrogen) atoms. The normalized spacial score (nSPS) is 11.9. The van der Waals surface area contributed by atoms with Crippen LogP contribution in [0.1, 0.15) is 17.4 Å². The fraction of sp³-hybridized carbons (Fsp3) is 0.421. The lowest BCUT2D eigenvalue weighted by molar-refractivity contribution is -0.891. The summed E-state index contributed by atoms with van der Waals surface area (Å²) >= 11 is 0. The maximum atomic E-state index is 12.4. The molecule has 2 rings (SSSR count). The van der Waals surface area contributed by atoms with Crippen molar-refractivity contribution >= 4 is 5.91 Å². The van der Waals surface area contributed by atoms with E-state index < -0.39 is 0 Å². The fourth-order valence-electron chi connectivity index (χ4n) is 2.78. The Balaban J connectivity index is 2.05. The predicted octanol–water partition coefficient (Wildman–Crippen LogP) is 0.850. The van der Waals surface area contributed by atoms with Crippen LogP contribution in [0.15, 0.2) is 34.9 Å². The number of hydrogen-bond acceptors (Lipinski definition) is 5. The predicted molar refractivity (Wildman–Crippen MR) is 97.1 cm³/mol. The van der Waals surface area contributed by atoms with Gasteiger partial charge in [-0.1, -0.05) is 0 Å². The van der Waals surface area contributed by atoms with Crippen LogP contribution in [0.25, 0.3) is 0 Å². The molecular weight excluding hydrogens is 336 g/mol. The first-order valence-electron chi connectivity index (χ1n) is 8.39. The monoisotopic (exact) mass is 363 g/mol. The lowest BCUT2D eigenvalue weighted by Crippen LogP contribution is -3.07. The summed E-state index contributed by atoms with van der Waals surface area (Å²) < 4.78 is 21.4. The second kappa shape index (κ2) is 9.15. The van der Waals surface area contributed by atoms with Gasteiger partial charge in [-0.25, -0.2) is 0 Å². The van der Waals surface area contributed by atoms with E-state index in [4.69, 9.17) is 18.6 Å². The van der Waals surface area contributed by atoms with Crippen LogP contribution in [0.5, 0.6) is 17.2 Å². The van der Waals surface area contributed by atoms with Crippen LogP contribution in [0.4, 0.5) is 0 Å². The topological polar surface area (TPSA) is 74.4 Å². The molecule has 0 saturated heterocycles. The SMILES string of the molecule is COc1cc(CC(=O)NC[C@H](c2ccco2)[NH+](C)C)cc(OC)c1OC. The minimum absolute atomic E-state index is 0.0499. The standard InChI is InChI=1S/C19H26N2O5/c1-21(2)14(15-7-6-8-26-15)12-20-18(22)11-13-9-16(23-3)19(25-5)17(10-13)24-4/h6-10,14H,11-12H2,1-5H3,(H,20,22)/p+1/t14-/m1/s1. The van der Waals surface area contributed by atoms with Crippen molar-refractivity contribution in [3.05, 3.63) is 41.9 Å². The number of furan rings is 1. The van der Waals surface area contributed by atoms with Crippen LogP contribution in [-0.2, 0) is 11.2 Å². The Morgan fingerprint density at radius 1 is 1.15 bits per heavy atom. The molecule has 0 saturated carbocycles. The van der Waals surface area contributed by atoms with Crippen molar-refractivity contribution in [2.24, 2.45) is 0 Å². The highest BCUT2D eigenvalue weighted by atomic mass is 16.5. The number of benzene rings is 1. The maximum absolute atomic E-state index is 12.4. The average Bonchev–Trinajstić information content (AvgIpc) is 3.14. The minimum atomic E-state index is -0.0860. The number of rotatable bonds is 9. The zero-order valence-electron chi connectivity index (χ0n) is 15.9. The van der Waals surface area contributed by atoms with Crippen molar-refractivity contribution in [3.8, 4) is 17.2 Å². The number of nitrogens with one attached hydrogen (secondary N) is 2. The molecule has 142 valence electrons. The molecule has 0 aliphatic heterocycles. The molecule has 0 fully saturated rings. The third kappa shape index (κ3) is 4.70. The molecule has 7 heteroatoms. The summed E-state index contributed by atoms with van der Waals surface area (Å²) in [5.41, 5.74) is 0.781. The van der Waals surface area contributed by atoms with Crippen molar-refractivity contribution in [3.63, 3.8) is 0 Å². The number of likely N-dealkylation sites (N-methyl/N-ethyl adjacent to an activating group) is 1. The summed E-state index contributed by atoms with van der Waals surface area (Å²) in [5, 5.41) is 2.97. The highest BCUT2D eigenvalue weighted by molar-refractivity contribution is 5.79. The lowest BCUT2D eigenvalue weighted by atomic mass is 10.1. The fourth-order valence-corrected chi connectivity index (χ4v) is 2.78. The van der Waals surface area contributed by atoms with E-state index in [1.165, 1.54) is 4.90 Å². The van der Waals surface area contributed by atoms with Gasteiger partial charge >= 0.3 is 0 Å². The van der Waals surface area contributed by atoms with E-state index in [1.54, 1.807) is 39.7 Å². The molecule has 1 atom stereocenters. The third-order valence-electron chi connectivity index (χ3n) is 4.18. The third-order valence-corrected chi connectivity index (χ3v) is 4.18. The zero-order chi connectivity index (χ0) is 19.1. The van der Waals surface area contributed by atoms with Gasteiger partial charge in [-0.3, -0.25) is 4.79 Å². The smallest absolute Gasteiger partial charge is 0.224 e. The van der Waals surface area contributed by atoms with Gasteiger partial charge in [0.1, 0.15) is 0 Å². The zero-order valence-corrected chi connectivity index (χ0v) is 15.9. The summed E-state index contributed by atoms with van der Waals surface area (Å²) in [6.07, 6.45) is 1.85. The molecule has 0 aliphatic rings. The molecule has 0 unspecified atom stereocenters. The van der Waals surface area contributed by atoms with E-state index in [0.717, 1.165) is 11.3 Å². The number of carbonyl (C=O) groups is 1. The first kappa shape index (κ1) is 19.7. The molecule has 0 radical (unpaired) electrons. The van der Waals surface area contributed by atoms with Crippen molar-refractivity contribution in [2.75, 3.05) is 42.0 Å². The van der Waals surface area contributed by atoms with Gasteiger partial charge in [0.15, 0.2) is 23.3 Å². The Bertz CT molecular complexity index is 688.